The number of rotatable bonds is 6. The molecule has 5 aromatic carbocycles. The maximum atomic E-state index is 13.9. The summed E-state index contributed by atoms with van der Waals surface area (Å²) in [7, 11) is 0. The van der Waals surface area contributed by atoms with Gasteiger partial charge in [0.25, 0.3) is 0 Å². The molecule has 0 saturated heterocycles. The highest BCUT2D eigenvalue weighted by atomic mass is 19.4. The zero-order valence-corrected chi connectivity index (χ0v) is 21.0. The topological polar surface area (TPSA) is 24.9 Å². The molecule has 6 rings (SSSR count). The highest BCUT2D eigenvalue weighted by Gasteiger charge is 2.33. The molecule has 0 aliphatic carbocycles. The largest absolute Gasteiger partial charge is 0.418 e. The SMILES string of the molecule is FC(F)(F)c1cccc2c(-c3cccc(NCc4cccc5ccccc45)c3)c(Cc3ccccc3)cnc12. The second kappa shape index (κ2) is 10.3. The Labute approximate surface area is 224 Å². The van der Waals surface area contributed by atoms with Gasteiger partial charge in [-0.1, -0.05) is 97.1 Å². The summed E-state index contributed by atoms with van der Waals surface area (Å²) in [5.74, 6) is 0. The number of halogens is 3. The lowest BCUT2D eigenvalue weighted by molar-refractivity contribution is -0.136. The van der Waals surface area contributed by atoms with Crippen LogP contribution in [0.4, 0.5) is 18.9 Å². The molecule has 0 bridgehead atoms. The Kier molecular flexibility index (Phi) is 6.49. The van der Waals surface area contributed by atoms with E-state index in [1.54, 1.807) is 12.3 Å². The molecule has 0 fully saturated rings. The molecule has 0 aliphatic heterocycles. The lowest BCUT2D eigenvalue weighted by atomic mass is 9.91. The van der Waals surface area contributed by atoms with Crippen molar-refractivity contribution in [3.8, 4) is 11.1 Å². The van der Waals surface area contributed by atoms with Crippen molar-refractivity contribution < 1.29 is 13.2 Å². The van der Waals surface area contributed by atoms with Crippen LogP contribution in [0.15, 0.2) is 121 Å². The normalized spacial score (nSPS) is 11.7. The maximum Gasteiger partial charge on any atom is 0.418 e. The van der Waals surface area contributed by atoms with E-state index in [4.69, 9.17) is 0 Å². The summed E-state index contributed by atoms with van der Waals surface area (Å²) in [6.07, 6.45) is -2.34. The van der Waals surface area contributed by atoms with Crippen LogP contribution in [0.3, 0.4) is 0 Å². The number of hydrogen-bond donors (Lipinski definition) is 1. The molecule has 1 aromatic heterocycles. The van der Waals surface area contributed by atoms with Crippen LogP contribution in [0.5, 0.6) is 0 Å². The van der Waals surface area contributed by atoms with Gasteiger partial charge in [-0.3, -0.25) is 4.98 Å². The summed E-state index contributed by atoms with van der Waals surface area (Å²) in [5, 5.41) is 6.38. The molecule has 0 unspecified atom stereocenters. The number of para-hydroxylation sites is 1. The van der Waals surface area contributed by atoms with Gasteiger partial charge in [-0.15, -0.1) is 0 Å². The van der Waals surface area contributed by atoms with Crippen LogP contribution < -0.4 is 5.32 Å². The molecule has 1 heterocycles. The predicted octanol–water partition coefficient (Wildman–Crippen LogP) is 9.28. The first-order valence-electron chi connectivity index (χ1n) is 12.8. The fourth-order valence-electron chi connectivity index (χ4n) is 5.21. The van der Waals surface area contributed by atoms with E-state index in [1.165, 1.54) is 22.4 Å². The van der Waals surface area contributed by atoms with Gasteiger partial charge in [0.2, 0.25) is 0 Å². The third-order valence-corrected chi connectivity index (χ3v) is 7.03. The Morgan fingerprint density at radius 2 is 1.38 bits per heavy atom. The average Bonchev–Trinajstić information content (AvgIpc) is 2.96. The Hall–Kier alpha value is -4.64. The number of alkyl halides is 3. The van der Waals surface area contributed by atoms with Crippen LogP contribution in [-0.2, 0) is 19.1 Å². The Morgan fingerprint density at radius 3 is 2.23 bits per heavy atom. The molecule has 6 aromatic rings. The second-order valence-corrected chi connectivity index (χ2v) is 9.59. The number of pyridine rings is 1. The van der Waals surface area contributed by atoms with Crippen LogP contribution in [0.2, 0.25) is 0 Å². The average molecular weight is 519 g/mol. The number of benzene rings is 5. The fourth-order valence-corrected chi connectivity index (χ4v) is 5.21. The third kappa shape index (κ3) is 5.08. The smallest absolute Gasteiger partial charge is 0.381 e. The van der Waals surface area contributed by atoms with Gasteiger partial charge in [-0.25, -0.2) is 0 Å². The van der Waals surface area contributed by atoms with Gasteiger partial charge < -0.3 is 5.32 Å². The van der Waals surface area contributed by atoms with E-state index in [9.17, 15) is 13.2 Å². The lowest BCUT2D eigenvalue weighted by Gasteiger charge is -2.17. The Balaban J connectivity index is 1.43. The molecule has 5 heteroatoms. The molecule has 192 valence electrons. The highest BCUT2D eigenvalue weighted by molar-refractivity contribution is 5.98. The summed E-state index contributed by atoms with van der Waals surface area (Å²) < 4.78 is 41.7. The maximum absolute atomic E-state index is 13.9. The Bertz CT molecular complexity index is 1770. The van der Waals surface area contributed by atoms with E-state index in [1.807, 2.05) is 72.8 Å². The molecular weight excluding hydrogens is 493 g/mol. The van der Waals surface area contributed by atoms with Crippen molar-refractivity contribution in [3.63, 3.8) is 0 Å². The summed E-state index contributed by atoms with van der Waals surface area (Å²) in [4.78, 5) is 4.32. The number of fused-ring (bicyclic) bond motifs is 2. The van der Waals surface area contributed by atoms with Gasteiger partial charge in [0.1, 0.15) is 0 Å². The van der Waals surface area contributed by atoms with E-state index in [-0.39, 0.29) is 5.52 Å². The standard InChI is InChI=1S/C34H25F3N2/c35-34(36,37)31-18-8-17-30-32(27(22-39-33(30)31)19-23-9-2-1-3-10-23)25-13-7-15-28(20-25)38-21-26-14-6-12-24-11-4-5-16-29(24)26/h1-18,20,22,38H,19,21H2. The molecule has 2 nitrogen and oxygen atoms in total. The van der Waals surface area contributed by atoms with Gasteiger partial charge in [0, 0.05) is 23.8 Å². The lowest BCUT2D eigenvalue weighted by Crippen LogP contribution is -2.07. The summed E-state index contributed by atoms with van der Waals surface area (Å²) in [6.45, 7) is 0.622. The zero-order chi connectivity index (χ0) is 26.8. The quantitative estimate of drug-likeness (QED) is 0.238. The minimum Gasteiger partial charge on any atom is -0.381 e. The summed E-state index contributed by atoms with van der Waals surface area (Å²) in [5.41, 5.74) is 4.86. The molecule has 39 heavy (non-hydrogen) atoms. The molecule has 0 radical (unpaired) electrons. The first-order valence-corrected chi connectivity index (χ1v) is 12.8. The van der Waals surface area contributed by atoms with E-state index in [0.717, 1.165) is 34.0 Å². The van der Waals surface area contributed by atoms with Crippen molar-refractivity contribution in [2.24, 2.45) is 0 Å². The Morgan fingerprint density at radius 1 is 0.667 bits per heavy atom. The van der Waals surface area contributed by atoms with Crippen molar-refractivity contribution in [3.05, 3.63) is 144 Å². The molecule has 0 atom stereocenters. The van der Waals surface area contributed by atoms with E-state index in [0.29, 0.717) is 18.4 Å². The zero-order valence-electron chi connectivity index (χ0n) is 21.0. The minimum absolute atomic E-state index is 0.0362. The van der Waals surface area contributed by atoms with Crippen LogP contribution in [0.25, 0.3) is 32.8 Å². The van der Waals surface area contributed by atoms with Gasteiger partial charge in [-0.2, -0.15) is 13.2 Å². The van der Waals surface area contributed by atoms with Crippen molar-refractivity contribution in [2.45, 2.75) is 19.1 Å². The van der Waals surface area contributed by atoms with Crippen LogP contribution in [-0.4, -0.2) is 4.98 Å². The molecule has 1 N–H and O–H groups in total. The van der Waals surface area contributed by atoms with Gasteiger partial charge >= 0.3 is 6.18 Å². The van der Waals surface area contributed by atoms with Crippen molar-refractivity contribution in [1.29, 1.82) is 0 Å². The number of nitrogens with one attached hydrogen (secondary N) is 1. The number of anilines is 1. The molecular formula is C34H25F3N2. The highest BCUT2D eigenvalue weighted by Crippen LogP contribution is 2.39. The van der Waals surface area contributed by atoms with Crippen LogP contribution in [0.1, 0.15) is 22.3 Å². The molecule has 0 aliphatic rings. The minimum atomic E-state index is -4.49. The molecule has 0 spiro atoms. The first kappa shape index (κ1) is 24.7. The van der Waals surface area contributed by atoms with Crippen LogP contribution >= 0.6 is 0 Å². The molecule has 0 amide bonds. The predicted molar refractivity (Wildman–Crippen MR) is 153 cm³/mol. The van der Waals surface area contributed by atoms with Crippen molar-refractivity contribution in [2.75, 3.05) is 5.32 Å². The molecule has 0 saturated carbocycles. The van der Waals surface area contributed by atoms with E-state index >= 15 is 0 Å². The van der Waals surface area contributed by atoms with Gasteiger partial charge in [-0.05, 0) is 63.2 Å². The van der Waals surface area contributed by atoms with Crippen molar-refractivity contribution >= 4 is 27.4 Å². The van der Waals surface area contributed by atoms with E-state index in [2.05, 4.69) is 34.6 Å². The first-order chi connectivity index (χ1) is 19.0. The summed E-state index contributed by atoms with van der Waals surface area (Å²) in [6, 6.07) is 36.6. The van der Waals surface area contributed by atoms with Gasteiger partial charge in [0.05, 0.1) is 11.1 Å². The van der Waals surface area contributed by atoms with Gasteiger partial charge in [0.15, 0.2) is 0 Å². The third-order valence-electron chi connectivity index (χ3n) is 7.03. The monoisotopic (exact) mass is 518 g/mol. The number of hydrogen-bond acceptors (Lipinski definition) is 2. The summed E-state index contributed by atoms with van der Waals surface area (Å²) >= 11 is 0. The second-order valence-electron chi connectivity index (χ2n) is 9.59. The fraction of sp³-hybridized carbons (Fsp3) is 0.0882. The van der Waals surface area contributed by atoms with Crippen molar-refractivity contribution in [1.82, 2.24) is 4.98 Å². The number of aromatic nitrogens is 1. The van der Waals surface area contributed by atoms with Crippen LogP contribution in [0, 0.1) is 0 Å². The number of nitrogens with zero attached hydrogens (tertiary/aromatic N) is 1. The van der Waals surface area contributed by atoms with E-state index < -0.39 is 11.7 Å².